The Labute approximate surface area is 111 Å². The lowest BCUT2D eigenvalue weighted by Gasteiger charge is -2.20. The minimum absolute atomic E-state index is 0.553. The van der Waals surface area contributed by atoms with Gasteiger partial charge in [-0.05, 0) is 17.7 Å². The third-order valence-electron chi connectivity index (χ3n) is 2.45. The van der Waals surface area contributed by atoms with Crippen LogP contribution in [0.3, 0.4) is 0 Å². The Morgan fingerprint density at radius 2 is 2.24 bits per heavy atom. The van der Waals surface area contributed by atoms with Gasteiger partial charge in [0.25, 0.3) is 0 Å². The molecule has 0 aliphatic carbocycles. The minimum Gasteiger partial charge on any atom is -0.383 e. The van der Waals surface area contributed by atoms with Gasteiger partial charge in [-0.3, -0.25) is 4.90 Å². The molecule has 0 heterocycles. The molecule has 0 amide bonds. The van der Waals surface area contributed by atoms with E-state index in [1.807, 2.05) is 12.1 Å². The van der Waals surface area contributed by atoms with Crippen molar-refractivity contribution in [3.8, 4) is 6.07 Å². The van der Waals surface area contributed by atoms with Crippen molar-refractivity contribution in [1.82, 2.24) is 4.90 Å². The predicted octanol–water partition coefficient (Wildman–Crippen LogP) is 2.81. The molecule has 1 rings (SSSR count). The Morgan fingerprint density at radius 1 is 1.41 bits per heavy atom. The molecule has 0 N–H and O–H groups in total. The van der Waals surface area contributed by atoms with E-state index in [0.29, 0.717) is 13.0 Å². The van der Waals surface area contributed by atoms with E-state index >= 15 is 0 Å². The van der Waals surface area contributed by atoms with E-state index in [1.54, 1.807) is 7.11 Å². The third kappa shape index (κ3) is 5.83. The van der Waals surface area contributed by atoms with Crippen LogP contribution in [0.15, 0.2) is 28.7 Å². The van der Waals surface area contributed by atoms with Crippen LogP contribution in [0, 0.1) is 11.3 Å². The van der Waals surface area contributed by atoms with Crippen molar-refractivity contribution >= 4 is 15.9 Å². The van der Waals surface area contributed by atoms with Crippen molar-refractivity contribution in [3.05, 3.63) is 34.3 Å². The van der Waals surface area contributed by atoms with Crippen LogP contribution in [0.2, 0.25) is 0 Å². The molecule has 0 fully saturated rings. The molecule has 4 heteroatoms. The number of methoxy groups -OCH3 is 1. The first-order valence-corrected chi connectivity index (χ1v) is 6.38. The topological polar surface area (TPSA) is 36.3 Å². The maximum Gasteiger partial charge on any atom is 0.0635 e. The summed E-state index contributed by atoms with van der Waals surface area (Å²) in [7, 11) is 1.70. The highest BCUT2D eigenvalue weighted by atomic mass is 79.9. The third-order valence-corrected chi connectivity index (χ3v) is 2.94. The van der Waals surface area contributed by atoms with Gasteiger partial charge in [-0.1, -0.05) is 28.1 Å². The highest BCUT2D eigenvalue weighted by molar-refractivity contribution is 9.10. The fraction of sp³-hybridized carbons (Fsp3) is 0.462. The fourth-order valence-corrected chi connectivity index (χ4v) is 2.04. The SMILES string of the molecule is COCCN(CCC#N)Cc1cccc(Br)c1. The lowest BCUT2D eigenvalue weighted by molar-refractivity contribution is 0.145. The van der Waals surface area contributed by atoms with Gasteiger partial charge in [0.05, 0.1) is 12.7 Å². The van der Waals surface area contributed by atoms with Gasteiger partial charge in [0.2, 0.25) is 0 Å². The number of nitriles is 1. The molecule has 1 aromatic rings. The molecule has 17 heavy (non-hydrogen) atoms. The summed E-state index contributed by atoms with van der Waals surface area (Å²) in [5, 5.41) is 8.64. The van der Waals surface area contributed by atoms with Crippen molar-refractivity contribution in [2.45, 2.75) is 13.0 Å². The van der Waals surface area contributed by atoms with Crippen LogP contribution in [0.25, 0.3) is 0 Å². The number of benzene rings is 1. The summed E-state index contributed by atoms with van der Waals surface area (Å²) < 4.78 is 6.17. The van der Waals surface area contributed by atoms with Gasteiger partial charge in [-0.25, -0.2) is 0 Å². The number of nitrogens with zero attached hydrogens (tertiary/aromatic N) is 2. The first-order valence-electron chi connectivity index (χ1n) is 5.59. The number of hydrogen-bond acceptors (Lipinski definition) is 3. The molecule has 0 aromatic heterocycles. The lowest BCUT2D eigenvalue weighted by atomic mass is 10.2. The average molecular weight is 297 g/mol. The number of halogens is 1. The van der Waals surface area contributed by atoms with Crippen molar-refractivity contribution in [2.75, 3.05) is 26.8 Å². The predicted molar refractivity (Wildman–Crippen MR) is 71.5 cm³/mol. The zero-order valence-electron chi connectivity index (χ0n) is 10.0. The Kier molecular flexibility index (Phi) is 6.87. The van der Waals surface area contributed by atoms with Crippen molar-refractivity contribution < 1.29 is 4.74 Å². The second kappa shape index (κ2) is 8.24. The van der Waals surface area contributed by atoms with Crippen LogP contribution >= 0.6 is 15.9 Å². The van der Waals surface area contributed by atoms with E-state index in [9.17, 15) is 0 Å². The van der Waals surface area contributed by atoms with Crippen molar-refractivity contribution in [3.63, 3.8) is 0 Å². The zero-order chi connectivity index (χ0) is 12.5. The molecule has 0 radical (unpaired) electrons. The molecule has 0 aliphatic heterocycles. The maximum absolute atomic E-state index is 8.64. The number of ether oxygens (including phenoxy) is 1. The van der Waals surface area contributed by atoms with E-state index in [-0.39, 0.29) is 0 Å². The second-order valence-electron chi connectivity index (χ2n) is 3.81. The van der Waals surface area contributed by atoms with Gasteiger partial charge >= 0.3 is 0 Å². The van der Waals surface area contributed by atoms with Crippen LogP contribution in [0.1, 0.15) is 12.0 Å². The molecule has 0 bridgehead atoms. The first-order chi connectivity index (χ1) is 8.26. The summed E-state index contributed by atoms with van der Waals surface area (Å²) in [6.07, 6.45) is 0.553. The Bertz CT molecular complexity index is 376. The molecule has 0 atom stereocenters. The summed E-state index contributed by atoms with van der Waals surface area (Å²) in [4.78, 5) is 2.23. The molecule has 3 nitrogen and oxygen atoms in total. The van der Waals surface area contributed by atoms with E-state index in [4.69, 9.17) is 10.00 Å². The van der Waals surface area contributed by atoms with Gasteiger partial charge in [0.15, 0.2) is 0 Å². The number of rotatable bonds is 7. The highest BCUT2D eigenvalue weighted by Gasteiger charge is 2.05. The molecule has 1 aromatic carbocycles. The summed E-state index contributed by atoms with van der Waals surface area (Å²) in [6, 6.07) is 10.4. The van der Waals surface area contributed by atoms with E-state index < -0.39 is 0 Å². The van der Waals surface area contributed by atoms with Crippen LogP contribution < -0.4 is 0 Å². The van der Waals surface area contributed by atoms with Gasteiger partial charge in [0.1, 0.15) is 0 Å². The van der Waals surface area contributed by atoms with Crippen LogP contribution in [-0.2, 0) is 11.3 Å². The normalized spacial score (nSPS) is 10.5. The summed E-state index contributed by atoms with van der Waals surface area (Å²) in [6.45, 7) is 3.18. The van der Waals surface area contributed by atoms with Gasteiger partial charge in [0, 0.05) is 37.6 Å². The van der Waals surface area contributed by atoms with Crippen LogP contribution in [0.4, 0.5) is 0 Å². The first kappa shape index (κ1) is 14.2. The highest BCUT2D eigenvalue weighted by Crippen LogP contribution is 2.13. The Morgan fingerprint density at radius 3 is 2.88 bits per heavy atom. The minimum atomic E-state index is 0.553. The molecular formula is C13H17BrN2O. The zero-order valence-corrected chi connectivity index (χ0v) is 11.6. The molecular weight excluding hydrogens is 280 g/mol. The quantitative estimate of drug-likeness (QED) is 0.776. The van der Waals surface area contributed by atoms with E-state index in [1.165, 1.54) is 5.56 Å². The van der Waals surface area contributed by atoms with E-state index in [2.05, 4.69) is 39.0 Å². The summed E-state index contributed by atoms with van der Waals surface area (Å²) in [5.74, 6) is 0. The molecule has 0 spiro atoms. The molecule has 0 saturated heterocycles. The lowest BCUT2D eigenvalue weighted by Crippen LogP contribution is -2.27. The standard InChI is InChI=1S/C13H17BrN2O/c1-17-9-8-16(7-3-6-15)11-12-4-2-5-13(14)10-12/h2,4-5,10H,3,7-9,11H2,1H3. The largest absolute Gasteiger partial charge is 0.383 e. The van der Waals surface area contributed by atoms with E-state index in [0.717, 1.165) is 24.1 Å². The van der Waals surface area contributed by atoms with Gasteiger partial charge in [-0.15, -0.1) is 0 Å². The maximum atomic E-state index is 8.64. The average Bonchev–Trinajstić information content (AvgIpc) is 2.32. The Hall–Kier alpha value is -0.890. The number of hydrogen-bond donors (Lipinski definition) is 0. The van der Waals surface area contributed by atoms with Crippen LogP contribution in [-0.4, -0.2) is 31.7 Å². The summed E-state index contributed by atoms with van der Waals surface area (Å²) >= 11 is 3.46. The monoisotopic (exact) mass is 296 g/mol. The molecule has 0 aliphatic rings. The smallest absolute Gasteiger partial charge is 0.0635 e. The second-order valence-corrected chi connectivity index (χ2v) is 4.72. The van der Waals surface area contributed by atoms with Crippen molar-refractivity contribution in [2.24, 2.45) is 0 Å². The molecule has 0 saturated carbocycles. The summed E-state index contributed by atoms with van der Waals surface area (Å²) in [5.41, 5.74) is 1.24. The van der Waals surface area contributed by atoms with Gasteiger partial charge < -0.3 is 4.74 Å². The Balaban J connectivity index is 2.55. The molecule has 92 valence electrons. The van der Waals surface area contributed by atoms with Gasteiger partial charge in [-0.2, -0.15) is 5.26 Å². The van der Waals surface area contributed by atoms with Crippen LogP contribution in [0.5, 0.6) is 0 Å². The fourth-order valence-electron chi connectivity index (χ4n) is 1.59. The molecule has 0 unspecified atom stereocenters. The van der Waals surface area contributed by atoms with Crippen molar-refractivity contribution in [1.29, 1.82) is 5.26 Å².